The van der Waals surface area contributed by atoms with Gasteiger partial charge in [0.05, 0.1) is 35.7 Å². The summed E-state index contributed by atoms with van der Waals surface area (Å²) in [5, 5.41) is 16.7. The third kappa shape index (κ3) is 6.00. The fourth-order valence-corrected chi connectivity index (χ4v) is 3.80. The monoisotopic (exact) mass is 481 g/mol. The quantitative estimate of drug-likeness (QED) is 0.370. The number of nitriles is 1. The maximum absolute atomic E-state index is 12.7. The van der Waals surface area contributed by atoms with Crippen molar-refractivity contribution in [2.24, 2.45) is 0 Å². The fourth-order valence-electron chi connectivity index (χ4n) is 3.80. The molecular formula is C28H27N5O3. The number of hydrogen-bond acceptors (Lipinski definition) is 7. The molecule has 8 heteroatoms. The molecule has 0 spiro atoms. The lowest BCUT2D eigenvalue weighted by atomic mass is 10.1. The van der Waals surface area contributed by atoms with Crippen molar-refractivity contribution < 1.29 is 14.3 Å². The number of likely N-dealkylation sites (N-methyl/N-ethyl adjacent to an activating group) is 1. The van der Waals surface area contributed by atoms with Crippen LogP contribution in [0.25, 0.3) is 10.9 Å². The highest BCUT2D eigenvalue weighted by atomic mass is 16.5. The molecule has 1 aliphatic heterocycles. The molecule has 1 aliphatic rings. The number of hydrogen-bond donors (Lipinski definition) is 2. The van der Waals surface area contributed by atoms with Crippen LogP contribution in [0.2, 0.25) is 0 Å². The number of anilines is 3. The summed E-state index contributed by atoms with van der Waals surface area (Å²) in [7, 11) is 3.85. The van der Waals surface area contributed by atoms with Crippen LogP contribution in [0.3, 0.4) is 0 Å². The van der Waals surface area contributed by atoms with E-state index in [1.54, 1.807) is 18.2 Å². The molecule has 3 aromatic rings. The Morgan fingerprint density at radius 1 is 1.36 bits per heavy atom. The largest absolute Gasteiger partial charge is 0.486 e. The molecule has 1 atom stereocenters. The van der Waals surface area contributed by atoms with E-state index in [-0.39, 0.29) is 12.0 Å². The lowest BCUT2D eigenvalue weighted by molar-refractivity contribution is -0.111. The van der Waals surface area contributed by atoms with Gasteiger partial charge < -0.3 is 25.0 Å². The number of ether oxygens (including phenoxy) is 2. The highest BCUT2D eigenvalue weighted by molar-refractivity contribution is 6.04. The third-order valence-corrected chi connectivity index (χ3v) is 5.57. The molecule has 8 nitrogen and oxygen atoms in total. The van der Waals surface area contributed by atoms with Crippen LogP contribution in [0.5, 0.6) is 5.75 Å². The summed E-state index contributed by atoms with van der Waals surface area (Å²) < 4.78 is 11.6. The molecule has 1 saturated heterocycles. The van der Waals surface area contributed by atoms with E-state index in [1.165, 1.54) is 12.3 Å². The van der Waals surface area contributed by atoms with Gasteiger partial charge in [-0.15, -0.1) is 6.42 Å². The summed E-state index contributed by atoms with van der Waals surface area (Å²) in [6.07, 6.45) is 11.0. The molecule has 2 N–H and O–H groups in total. The molecule has 1 aromatic heterocycles. The van der Waals surface area contributed by atoms with Crippen molar-refractivity contribution in [2.45, 2.75) is 12.5 Å². The number of benzene rings is 2. The summed E-state index contributed by atoms with van der Waals surface area (Å²) in [6, 6.07) is 13.1. The first-order chi connectivity index (χ1) is 17.5. The average molecular weight is 482 g/mol. The Bertz CT molecular complexity index is 1380. The number of carbonyl (C=O) groups is 1. The van der Waals surface area contributed by atoms with E-state index in [2.05, 4.69) is 27.6 Å². The number of terminal acetylenes is 1. The van der Waals surface area contributed by atoms with Crippen molar-refractivity contribution in [3.63, 3.8) is 0 Å². The summed E-state index contributed by atoms with van der Waals surface area (Å²) >= 11 is 0. The van der Waals surface area contributed by atoms with Crippen molar-refractivity contribution >= 4 is 33.9 Å². The van der Waals surface area contributed by atoms with Crippen molar-refractivity contribution in [3.8, 4) is 24.2 Å². The van der Waals surface area contributed by atoms with Crippen LogP contribution in [0.1, 0.15) is 17.5 Å². The maximum atomic E-state index is 12.7. The molecule has 0 saturated carbocycles. The number of nitrogens with one attached hydrogen (secondary N) is 2. The van der Waals surface area contributed by atoms with Gasteiger partial charge in [0.1, 0.15) is 17.9 Å². The predicted molar refractivity (Wildman–Crippen MR) is 140 cm³/mol. The van der Waals surface area contributed by atoms with Gasteiger partial charge in [0, 0.05) is 47.9 Å². The number of nitrogens with zero attached hydrogens (tertiary/aromatic N) is 3. The number of amides is 1. The Balaban J connectivity index is 1.77. The molecule has 1 fully saturated rings. The number of pyridine rings is 1. The predicted octanol–water partition coefficient (Wildman–Crippen LogP) is 4.06. The number of fused-ring (bicyclic) bond motifs is 1. The highest BCUT2D eigenvalue weighted by Crippen LogP contribution is 2.37. The molecule has 2 heterocycles. The van der Waals surface area contributed by atoms with E-state index < -0.39 is 0 Å². The molecule has 0 radical (unpaired) electrons. The molecular weight excluding hydrogens is 454 g/mol. The van der Waals surface area contributed by atoms with Crippen molar-refractivity contribution in [1.29, 1.82) is 5.26 Å². The zero-order valence-corrected chi connectivity index (χ0v) is 20.2. The van der Waals surface area contributed by atoms with Gasteiger partial charge in [0.15, 0.2) is 0 Å². The zero-order chi connectivity index (χ0) is 25.5. The molecule has 0 bridgehead atoms. The average Bonchev–Trinajstić information content (AvgIpc) is 3.38. The fraction of sp³-hybridized carbons (Fsp3) is 0.250. The summed E-state index contributed by atoms with van der Waals surface area (Å²) in [5.41, 5.74) is 3.45. The lowest BCUT2D eigenvalue weighted by Crippen LogP contribution is -2.18. The van der Waals surface area contributed by atoms with Crippen LogP contribution in [-0.2, 0) is 9.53 Å². The second kappa shape index (κ2) is 11.4. The van der Waals surface area contributed by atoms with Gasteiger partial charge in [-0.05, 0) is 38.4 Å². The summed E-state index contributed by atoms with van der Waals surface area (Å²) in [5.74, 6) is 2.82. The minimum absolute atomic E-state index is 0.120. The summed E-state index contributed by atoms with van der Waals surface area (Å²) in [4.78, 5) is 19.1. The molecule has 1 amide bonds. The number of carbonyl (C=O) groups excluding carboxylic acids is 1. The smallest absolute Gasteiger partial charge is 0.248 e. The Morgan fingerprint density at radius 2 is 2.22 bits per heavy atom. The van der Waals surface area contributed by atoms with E-state index in [9.17, 15) is 10.1 Å². The molecule has 182 valence electrons. The number of aromatic nitrogens is 1. The number of rotatable bonds is 8. The molecule has 2 aromatic carbocycles. The maximum Gasteiger partial charge on any atom is 0.248 e. The Labute approximate surface area is 210 Å². The molecule has 0 aliphatic carbocycles. The van der Waals surface area contributed by atoms with E-state index in [4.69, 9.17) is 15.9 Å². The van der Waals surface area contributed by atoms with Crippen LogP contribution in [0.15, 0.2) is 54.7 Å². The van der Waals surface area contributed by atoms with Gasteiger partial charge in [-0.3, -0.25) is 9.78 Å². The molecule has 4 rings (SSSR count). The second-order valence-corrected chi connectivity index (χ2v) is 8.63. The summed E-state index contributed by atoms with van der Waals surface area (Å²) in [6.45, 7) is 1.74. The van der Waals surface area contributed by atoms with E-state index >= 15 is 0 Å². The van der Waals surface area contributed by atoms with E-state index in [0.717, 1.165) is 12.1 Å². The van der Waals surface area contributed by atoms with Gasteiger partial charge in [-0.1, -0.05) is 18.1 Å². The van der Waals surface area contributed by atoms with Gasteiger partial charge in [0.2, 0.25) is 5.91 Å². The lowest BCUT2D eigenvalue weighted by Gasteiger charge is -2.18. The first-order valence-electron chi connectivity index (χ1n) is 11.5. The van der Waals surface area contributed by atoms with Crippen molar-refractivity contribution in [1.82, 2.24) is 9.88 Å². The van der Waals surface area contributed by atoms with Gasteiger partial charge >= 0.3 is 0 Å². The normalized spacial score (nSPS) is 15.1. The van der Waals surface area contributed by atoms with Crippen LogP contribution >= 0.6 is 0 Å². The van der Waals surface area contributed by atoms with Crippen LogP contribution < -0.4 is 15.4 Å². The van der Waals surface area contributed by atoms with Gasteiger partial charge in [0.25, 0.3) is 0 Å². The minimum Gasteiger partial charge on any atom is -0.486 e. The Kier molecular flexibility index (Phi) is 7.82. The van der Waals surface area contributed by atoms with Crippen molar-refractivity contribution in [3.05, 3.63) is 65.9 Å². The van der Waals surface area contributed by atoms with E-state index in [1.807, 2.05) is 43.3 Å². The minimum atomic E-state index is -0.288. The van der Waals surface area contributed by atoms with Crippen LogP contribution in [0.4, 0.5) is 17.1 Å². The third-order valence-electron chi connectivity index (χ3n) is 5.57. The Morgan fingerprint density at radius 3 is 2.94 bits per heavy atom. The SMILES string of the molecule is C#Cc1cccc(Nc2c(C#N)cnc3cc(O[C@@H]4CCOC4)c(NC(=O)/C=C/CN(C)C)cc23)c1. The molecule has 36 heavy (non-hydrogen) atoms. The second-order valence-electron chi connectivity index (χ2n) is 8.63. The highest BCUT2D eigenvalue weighted by Gasteiger charge is 2.21. The standard InChI is InChI=1S/C28H27N5O3/c1-4-19-7-5-8-21(13-19)31-28-20(16-29)17-30-24-15-26(36-22-10-12-35-18-22)25(14-23(24)28)32-27(34)9-6-11-33(2)3/h1,5-9,13-15,17,22H,10-12,18H2,2-3H3,(H,30,31)(H,32,34)/b9-6+/t22-/m1/s1. The zero-order valence-electron chi connectivity index (χ0n) is 20.2. The van der Waals surface area contributed by atoms with E-state index in [0.29, 0.717) is 58.9 Å². The van der Waals surface area contributed by atoms with Crippen LogP contribution in [-0.4, -0.2) is 55.7 Å². The van der Waals surface area contributed by atoms with Gasteiger partial charge in [-0.2, -0.15) is 5.26 Å². The van der Waals surface area contributed by atoms with Gasteiger partial charge in [-0.25, -0.2) is 0 Å². The van der Waals surface area contributed by atoms with Crippen LogP contribution in [0, 0.1) is 23.7 Å². The first-order valence-corrected chi connectivity index (χ1v) is 11.5. The topological polar surface area (TPSA) is 99.5 Å². The Hall–Kier alpha value is -4.37. The first kappa shape index (κ1) is 24.7. The molecule has 0 unspecified atom stereocenters. The van der Waals surface area contributed by atoms with Crippen molar-refractivity contribution in [2.75, 3.05) is 44.5 Å².